The number of aromatic nitrogens is 2. The minimum Gasteiger partial charge on any atom is -0.352 e. The van der Waals surface area contributed by atoms with Gasteiger partial charge in [-0.05, 0) is 55.5 Å². The number of halogens is 1. The summed E-state index contributed by atoms with van der Waals surface area (Å²) in [5.41, 5.74) is 1.32. The zero-order chi connectivity index (χ0) is 17.6. The van der Waals surface area contributed by atoms with Gasteiger partial charge in [0.15, 0.2) is 11.5 Å². The molecule has 1 saturated heterocycles. The lowest BCUT2D eigenvalue weighted by molar-refractivity contribution is 0.0945. The molecule has 2 aromatic rings. The third-order valence-electron chi connectivity index (χ3n) is 4.64. The lowest BCUT2D eigenvalue weighted by atomic mass is 10.0. The maximum atomic E-state index is 12.2. The Morgan fingerprint density at radius 3 is 2.68 bits per heavy atom. The fourth-order valence-corrected chi connectivity index (χ4v) is 3.33. The number of carbonyl (C=O) groups is 1. The van der Waals surface area contributed by atoms with E-state index in [9.17, 15) is 4.79 Å². The van der Waals surface area contributed by atoms with E-state index in [4.69, 9.17) is 11.6 Å². The number of amides is 1. The summed E-state index contributed by atoms with van der Waals surface area (Å²) in [6, 6.07) is 11.6. The predicted octanol–water partition coefficient (Wildman–Crippen LogP) is 3.83. The summed E-state index contributed by atoms with van der Waals surface area (Å²) in [7, 11) is 0. The van der Waals surface area contributed by atoms with Crippen LogP contribution < -0.4 is 10.2 Å². The van der Waals surface area contributed by atoms with Gasteiger partial charge in [-0.2, -0.15) is 0 Å². The van der Waals surface area contributed by atoms with E-state index in [0.29, 0.717) is 23.3 Å². The van der Waals surface area contributed by atoms with Gasteiger partial charge in [0.1, 0.15) is 0 Å². The second kappa shape index (κ2) is 8.30. The average molecular weight is 359 g/mol. The molecule has 5 nitrogen and oxygen atoms in total. The average Bonchev–Trinajstić information content (AvgIpc) is 2.67. The van der Waals surface area contributed by atoms with Crippen molar-refractivity contribution in [2.45, 2.75) is 45.2 Å². The van der Waals surface area contributed by atoms with Gasteiger partial charge in [-0.25, -0.2) is 0 Å². The van der Waals surface area contributed by atoms with Crippen LogP contribution in [-0.4, -0.2) is 28.7 Å². The maximum Gasteiger partial charge on any atom is 0.272 e. The van der Waals surface area contributed by atoms with Crippen molar-refractivity contribution in [2.75, 3.05) is 11.4 Å². The van der Waals surface area contributed by atoms with E-state index in [1.807, 2.05) is 18.2 Å². The molecule has 1 aliphatic heterocycles. The van der Waals surface area contributed by atoms with Gasteiger partial charge < -0.3 is 10.2 Å². The first-order valence-corrected chi connectivity index (χ1v) is 9.18. The minimum atomic E-state index is -0.223. The van der Waals surface area contributed by atoms with Crippen LogP contribution in [0.4, 0.5) is 5.82 Å². The molecule has 6 heteroatoms. The number of nitrogens with zero attached hydrogens (tertiary/aromatic N) is 3. The maximum absolute atomic E-state index is 12.2. The molecule has 0 aliphatic carbocycles. The lowest BCUT2D eigenvalue weighted by Gasteiger charge is -2.35. The zero-order valence-corrected chi connectivity index (χ0v) is 15.2. The van der Waals surface area contributed by atoms with Gasteiger partial charge in [-0.1, -0.05) is 30.7 Å². The molecule has 132 valence electrons. The molecular weight excluding hydrogens is 336 g/mol. The number of benzene rings is 1. The first-order chi connectivity index (χ1) is 12.2. The van der Waals surface area contributed by atoms with Crippen LogP contribution >= 0.6 is 11.6 Å². The summed E-state index contributed by atoms with van der Waals surface area (Å²) in [5, 5.41) is 11.9. The first kappa shape index (κ1) is 17.7. The molecule has 3 rings (SSSR count). The van der Waals surface area contributed by atoms with Crippen molar-refractivity contribution in [3.8, 4) is 0 Å². The van der Waals surface area contributed by atoms with Crippen molar-refractivity contribution in [1.82, 2.24) is 15.5 Å². The summed E-state index contributed by atoms with van der Waals surface area (Å²) in [4.78, 5) is 14.6. The normalized spacial score (nSPS) is 17.4. The van der Waals surface area contributed by atoms with Crippen LogP contribution in [0, 0.1) is 0 Å². The molecule has 1 aliphatic rings. The van der Waals surface area contributed by atoms with E-state index in [2.05, 4.69) is 27.3 Å². The molecular formula is C19H23ClN4O. The smallest absolute Gasteiger partial charge is 0.272 e. The monoisotopic (exact) mass is 358 g/mol. The number of rotatable bonds is 5. The Balaban J connectivity index is 1.61. The van der Waals surface area contributed by atoms with Crippen molar-refractivity contribution < 1.29 is 4.79 Å². The molecule has 1 N–H and O–H groups in total. The fourth-order valence-electron chi connectivity index (χ4n) is 3.20. The van der Waals surface area contributed by atoms with Crippen LogP contribution in [0.5, 0.6) is 0 Å². The van der Waals surface area contributed by atoms with Crippen LogP contribution in [0.15, 0.2) is 36.4 Å². The SMILES string of the molecule is CCC1CCCCN1c1ccc(C(=O)NCc2ccc(Cl)cc2)nn1. The molecule has 1 aromatic carbocycles. The lowest BCUT2D eigenvalue weighted by Crippen LogP contribution is -2.39. The molecule has 0 radical (unpaired) electrons. The second-order valence-corrected chi connectivity index (χ2v) is 6.77. The van der Waals surface area contributed by atoms with Gasteiger partial charge in [-0.3, -0.25) is 4.79 Å². The summed E-state index contributed by atoms with van der Waals surface area (Å²) < 4.78 is 0. The van der Waals surface area contributed by atoms with Gasteiger partial charge in [0.05, 0.1) is 0 Å². The summed E-state index contributed by atoms with van der Waals surface area (Å²) in [6.07, 6.45) is 4.75. The standard InChI is InChI=1S/C19H23ClN4O/c1-2-16-5-3-4-12-24(16)18-11-10-17(22-23-18)19(25)21-13-14-6-8-15(20)9-7-14/h6-11,16H,2-5,12-13H2,1H3,(H,21,25). The molecule has 1 amide bonds. The number of carbonyl (C=O) groups excluding carboxylic acids is 1. The summed E-state index contributed by atoms with van der Waals surface area (Å²) >= 11 is 5.86. The Morgan fingerprint density at radius 1 is 1.20 bits per heavy atom. The minimum absolute atomic E-state index is 0.223. The molecule has 1 aromatic heterocycles. The molecule has 0 bridgehead atoms. The topological polar surface area (TPSA) is 58.1 Å². The van der Waals surface area contributed by atoms with Crippen molar-refractivity contribution >= 4 is 23.3 Å². The molecule has 2 heterocycles. The highest BCUT2D eigenvalue weighted by Crippen LogP contribution is 2.24. The summed E-state index contributed by atoms with van der Waals surface area (Å²) in [5.74, 6) is 0.639. The van der Waals surface area contributed by atoms with Crippen LogP contribution in [-0.2, 0) is 6.54 Å². The van der Waals surface area contributed by atoms with E-state index in [-0.39, 0.29) is 5.91 Å². The molecule has 1 unspecified atom stereocenters. The van der Waals surface area contributed by atoms with Crippen molar-refractivity contribution in [3.05, 3.63) is 52.7 Å². The second-order valence-electron chi connectivity index (χ2n) is 6.34. The van der Waals surface area contributed by atoms with Crippen molar-refractivity contribution in [1.29, 1.82) is 0 Å². The number of hydrogen-bond donors (Lipinski definition) is 1. The van der Waals surface area contributed by atoms with Crippen molar-refractivity contribution in [3.63, 3.8) is 0 Å². The number of nitrogens with one attached hydrogen (secondary N) is 1. The van der Waals surface area contributed by atoms with Gasteiger partial charge >= 0.3 is 0 Å². The zero-order valence-electron chi connectivity index (χ0n) is 14.4. The fraction of sp³-hybridized carbons (Fsp3) is 0.421. The quantitative estimate of drug-likeness (QED) is 0.882. The van der Waals surface area contributed by atoms with Crippen LogP contribution in [0.3, 0.4) is 0 Å². The van der Waals surface area contributed by atoms with E-state index in [1.54, 1.807) is 18.2 Å². The van der Waals surface area contributed by atoms with Crippen LogP contribution in [0.25, 0.3) is 0 Å². The predicted molar refractivity (Wildman–Crippen MR) is 99.9 cm³/mol. The van der Waals surface area contributed by atoms with E-state index < -0.39 is 0 Å². The van der Waals surface area contributed by atoms with Gasteiger partial charge in [0.2, 0.25) is 0 Å². The highest BCUT2D eigenvalue weighted by molar-refractivity contribution is 6.30. The van der Waals surface area contributed by atoms with E-state index in [0.717, 1.165) is 24.3 Å². The largest absolute Gasteiger partial charge is 0.352 e. The van der Waals surface area contributed by atoms with Crippen molar-refractivity contribution in [2.24, 2.45) is 0 Å². The molecule has 1 atom stereocenters. The summed E-state index contributed by atoms with van der Waals surface area (Å²) in [6.45, 7) is 3.65. The molecule has 0 spiro atoms. The molecule has 0 saturated carbocycles. The van der Waals surface area contributed by atoms with E-state index >= 15 is 0 Å². The molecule has 1 fully saturated rings. The molecule has 25 heavy (non-hydrogen) atoms. The first-order valence-electron chi connectivity index (χ1n) is 8.80. The Morgan fingerprint density at radius 2 is 2.00 bits per heavy atom. The Kier molecular flexibility index (Phi) is 5.87. The van der Waals surface area contributed by atoms with Crippen LogP contribution in [0.1, 0.15) is 48.7 Å². The Bertz CT molecular complexity index is 702. The number of anilines is 1. The Hall–Kier alpha value is -2.14. The van der Waals surface area contributed by atoms with Gasteiger partial charge in [0, 0.05) is 24.2 Å². The Labute approximate surface area is 153 Å². The van der Waals surface area contributed by atoms with Gasteiger partial charge in [-0.15, -0.1) is 10.2 Å². The number of piperidine rings is 1. The highest BCUT2D eigenvalue weighted by Gasteiger charge is 2.22. The number of hydrogen-bond acceptors (Lipinski definition) is 4. The van der Waals surface area contributed by atoms with Crippen LogP contribution in [0.2, 0.25) is 5.02 Å². The van der Waals surface area contributed by atoms with Gasteiger partial charge in [0.25, 0.3) is 5.91 Å². The third kappa shape index (κ3) is 4.48. The van der Waals surface area contributed by atoms with E-state index in [1.165, 1.54) is 19.3 Å². The third-order valence-corrected chi connectivity index (χ3v) is 4.89. The highest BCUT2D eigenvalue weighted by atomic mass is 35.5.